The molecule has 0 bridgehead atoms. The van der Waals surface area contributed by atoms with E-state index in [9.17, 15) is 4.79 Å². The molecule has 0 aliphatic carbocycles. The van der Waals surface area contributed by atoms with Gasteiger partial charge in [0.05, 0.1) is 0 Å². The molecule has 1 heterocycles. The smallest absolute Gasteiger partial charge is 0.303 e. The maximum atomic E-state index is 10.4. The van der Waals surface area contributed by atoms with Gasteiger partial charge in [-0.1, -0.05) is 6.07 Å². The monoisotopic (exact) mass is 205 g/mol. The second-order valence-corrected chi connectivity index (χ2v) is 3.43. The van der Waals surface area contributed by atoms with E-state index in [4.69, 9.17) is 9.52 Å². The molecule has 0 saturated carbocycles. The Hall–Kier alpha value is -1.84. The Morgan fingerprint density at radius 3 is 3.07 bits per heavy atom. The summed E-state index contributed by atoms with van der Waals surface area (Å²) in [5, 5.41) is 8.56. The minimum Gasteiger partial charge on any atom is -0.481 e. The molecule has 0 saturated heterocycles. The van der Waals surface area contributed by atoms with E-state index in [1.807, 2.05) is 18.2 Å². The van der Waals surface area contributed by atoms with Gasteiger partial charge in [0.25, 0.3) is 0 Å². The van der Waals surface area contributed by atoms with Gasteiger partial charge in [0.2, 0.25) is 0 Å². The lowest BCUT2D eigenvalue weighted by molar-refractivity contribution is -0.136. The predicted octanol–water partition coefficient (Wildman–Crippen LogP) is 2.15. The highest BCUT2D eigenvalue weighted by Gasteiger charge is 2.04. The zero-order valence-electron chi connectivity index (χ0n) is 8.36. The molecule has 0 aliphatic heterocycles. The zero-order valence-corrected chi connectivity index (χ0v) is 8.36. The standard InChI is InChI=1S/C11H11NO3/c1-7-12-9-4-2-8(3-5-11(13)14)6-10(9)15-7/h2,4,6H,3,5H2,1H3,(H,13,14). The first-order valence-corrected chi connectivity index (χ1v) is 4.73. The Morgan fingerprint density at radius 1 is 1.53 bits per heavy atom. The Morgan fingerprint density at radius 2 is 2.33 bits per heavy atom. The number of nitrogens with zero attached hydrogens (tertiary/aromatic N) is 1. The SMILES string of the molecule is Cc1nc2ccc(CCC(=O)O)cc2o1. The van der Waals surface area contributed by atoms with Crippen molar-refractivity contribution in [3.8, 4) is 0 Å². The number of fused-ring (bicyclic) bond motifs is 1. The van der Waals surface area contributed by atoms with Crippen LogP contribution < -0.4 is 0 Å². The number of aromatic nitrogens is 1. The van der Waals surface area contributed by atoms with E-state index in [-0.39, 0.29) is 6.42 Å². The quantitative estimate of drug-likeness (QED) is 0.833. The lowest BCUT2D eigenvalue weighted by atomic mass is 10.1. The highest BCUT2D eigenvalue weighted by Crippen LogP contribution is 2.17. The van der Waals surface area contributed by atoms with E-state index in [1.54, 1.807) is 6.92 Å². The van der Waals surface area contributed by atoms with Gasteiger partial charge in [-0.15, -0.1) is 0 Å². The summed E-state index contributed by atoms with van der Waals surface area (Å²) in [5.74, 6) is -0.163. The molecule has 15 heavy (non-hydrogen) atoms. The Bertz CT molecular complexity index is 502. The van der Waals surface area contributed by atoms with Crippen LogP contribution in [0.3, 0.4) is 0 Å². The van der Waals surface area contributed by atoms with Gasteiger partial charge < -0.3 is 9.52 Å². The van der Waals surface area contributed by atoms with E-state index in [2.05, 4.69) is 4.98 Å². The van der Waals surface area contributed by atoms with Crippen molar-refractivity contribution in [1.29, 1.82) is 0 Å². The molecule has 1 aromatic carbocycles. The number of carboxylic acid groups (broad SMARTS) is 1. The molecule has 4 nitrogen and oxygen atoms in total. The Balaban J connectivity index is 2.26. The largest absolute Gasteiger partial charge is 0.481 e. The van der Waals surface area contributed by atoms with Crippen molar-refractivity contribution >= 4 is 17.1 Å². The third-order valence-corrected chi connectivity index (χ3v) is 2.19. The van der Waals surface area contributed by atoms with Crippen LogP contribution in [0.1, 0.15) is 17.9 Å². The Kier molecular flexibility index (Phi) is 2.41. The Labute approximate surface area is 86.5 Å². The number of aliphatic carboxylic acids is 1. The van der Waals surface area contributed by atoms with E-state index in [0.29, 0.717) is 12.3 Å². The lowest BCUT2D eigenvalue weighted by Gasteiger charge is -1.97. The van der Waals surface area contributed by atoms with Gasteiger partial charge in [-0.05, 0) is 24.1 Å². The summed E-state index contributed by atoms with van der Waals surface area (Å²) in [7, 11) is 0. The molecule has 0 unspecified atom stereocenters. The molecule has 0 spiro atoms. The summed E-state index contributed by atoms with van der Waals surface area (Å²) >= 11 is 0. The van der Waals surface area contributed by atoms with Crippen molar-refractivity contribution in [2.75, 3.05) is 0 Å². The van der Waals surface area contributed by atoms with Gasteiger partial charge in [0.1, 0.15) is 5.52 Å². The van der Waals surface area contributed by atoms with Crippen molar-refractivity contribution in [2.45, 2.75) is 19.8 Å². The number of benzene rings is 1. The van der Waals surface area contributed by atoms with Crippen LogP contribution in [-0.2, 0) is 11.2 Å². The number of carbonyl (C=O) groups is 1. The summed E-state index contributed by atoms with van der Waals surface area (Å²) in [6, 6.07) is 5.58. The number of hydrogen-bond donors (Lipinski definition) is 1. The molecule has 2 aromatic rings. The van der Waals surface area contributed by atoms with E-state index in [0.717, 1.165) is 16.7 Å². The van der Waals surface area contributed by atoms with Crippen LogP contribution in [0.2, 0.25) is 0 Å². The molecule has 4 heteroatoms. The van der Waals surface area contributed by atoms with Crippen molar-refractivity contribution in [1.82, 2.24) is 4.98 Å². The van der Waals surface area contributed by atoms with Crippen LogP contribution in [0.15, 0.2) is 22.6 Å². The number of rotatable bonds is 3. The van der Waals surface area contributed by atoms with Crippen LogP contribution in [0.25, 0.3) is 11.1 Å². The number of carboxylic acids is 1. The van der Waals surface area contributed by atoms with E-state index < -0.39 is 5.97 Å². The summed E-state index contributed by atoms with van der Waals surface area (Å²) in [6.45, 7) is 1.79. The number of aryl methyl sites for hydroxylation is 2. The fourth-order valence-electron chi connectivity index (χ4n) is 1.49. The lowest BCUT2D eigenvalue weighted by Crippen LogP contribution is -1.96. The zero-order chi connectivity index (χ0) is 10.8. The average Bonchev–Trinajstić information content (AvgIpc) is 2.53. The van der Waals surface area contributed by atoms with Gasteiger partial charge in [0.15, 0.2) is 11.5 Å². The van der Waals surface area contributed by atoms with Crippen LogP contribution in [0.4, 0.5) is 0 Å². The number of oxazole rings is 1. The average molecular weight is 205 g/mol. The normalized spacial score (nSPS) is 10.7. The number of hydrogen-bond acceptors (Lipinski definition) is 3. The fourth-order valence-corrected chi connectivity index (χ4v) is 1.49. The predicted molar refractivity (Wildman–Crippen MR) is 54.7 cm³/mol. The van der Waals surface area contributed by atoms with Crippen molar-refractivity contribution in [2.24, 2.45) is 0 Å². The molecule has 0 atom stereocenters. The van der Waals surface area contributed by atoms with Gasteiger partial charge >= 0.3 is 5.97 Å². The molecule has 0 fully saturated rings. The topological polar surface area (TPSA) is 63.3 Å². The molecule has 0 amide bonds. The summed E-state index contributed by atoms with van der Waals surface area (Å²) < 4.78 is 5.36. The summed E-state index contributed by atoms with van der Waals surface area (Å²) in [4.78, 5) is 14.6. The van der Waals surface area contributed by atoms with Gasteiger partial charge in [-0.2, -0.15) is 0 Å². The molecule has 0 aliphatic rings. The first kappa shape index (κ1) is 9.71. The highest BCUT2D eigenvalue weighted by molar-refractivity contribution is 5.73. The first-order valence-electron chi connectivity index (χ1n) is 4.73. The van der Waals surface area contributed by atoms with Crippen molar-refractivity contribution in [3.05, 3.63) is 29.7 Å². The molecular weight excluding hydrogens is 194 g/mol. The third-order valence-electron chi connectivity index (χ3n) is 2.19. The summed E-state index contributed by atoms with van der Waals surface area (Å²) in [6.07, 6.45) is 0.656. The first-order chi connectivity index (χ1) is 7.15. The van der Waals surface area contributed by atoms with Crippen molar-refractivity contribution < 1.29 is 14.3 Å². The minimum atomic E-state index is -0.788. The van der Waals surface area contributed by atoms with E-state index >= 15 is 0 Å². The minimum absolute atomic E-state index is 0.138. The molecule has 1 aromatic heterocycles. The van der Waals surface area contributed by atoms with Crippen LogP contribution in [-0.4, -0.2) is 16.1 Å². The molecule has 2 rings (SSSR count). The molecule has 1 N–H and O–H groups in total. The second-order valence-electron chi connectivity index (χ2n) is 3.43. The van der Waals surface area contributed by atoms with E-state index in [1.165, 1.54) is 0 Å². The van der Waals surface area contributed by atoms with Gasteiger partial charge in [-0.3, -0.25) is 4.79 Å². The summed E-state index contributed by atoms with van der Waals surface area (Å²) in [5.41, 5.74) is 2.49. The van der Waals surface area contributed by atoms with Crippen LogP contribution in [0.5, 0.6) is 0 Å². The molecule has 78 valence electrons. The maximum absolute atomic E-state index is 10.4. The van der Waals surface area contributed by atoms with Gasteiger partial charge in [0, 0.05) is 13.3 Å². The highest BCUT2D eigenvalue weighted by atomic mass is 16.4. The van der Waals surface area contributed by atoms with Crippen LogP contribution >= 0.6 is 0 Å². The second kappa shape index (κ2) is 3.73. The molecular formula is C11H11NO3. The maximum Gasteiger partial charge on any atom is 0.303 e. The third kappa shape index (κ3) is 2.15. The van der Waals surface area contributed by atoms with Gasteiger partial charge in [-0.25, -0.2) is 4.98 Å². The fraction of sp³-hybridized carbons (Fsp3) is 0.273. The van der Waals surface area contributed by atoms with Crippen molar-refractivity contribution in [3.63, 3.8) is 0 Å². The van der Waals surface area contributed by atoms with Crippen LogP contribution in [0, 0.1) is 6.92 Å². The molecule has 0 radical (unpaired) electrons.